The predicted molar refractivity (Wildman–Crippen MR) is 45.0 cm³/mol. The summed E-state index contributed by atoms with van der Waals surface area (Å²) in [6, 6.07) is 0. The van der Waals surface area contributed by atoms with Crippen LogP contribution in [0.2, 0.25) is 0 Å². The molecular weight excluding hydrogens is 130 g/mol. The van der Waals surface area contributed by atoms with E-state index in [4.69, 9.17) is 5.14 Å². The van der Waals surface area contributed by atoms with Crippen molar-refractivity contribution in [3.05, 3.63) is 22.6 Å². The van der Waals surface area contributed by atoms with E-state index in [0.29, 0.717) is 0 Å². The Morgan fingerprint density at radius 2 is 2.00 bits per heavy atom. The van der Waals surface area contributed by atoms with Gasteiger partial charge in [0.1, 0.15) is 0 Å². The third-order valence-corrected chi connectivity index (χ3v) is 1.82. The van der Waals surface area contributed by atoms with E-state index in [2.05, 4.69) is 13.0 Å². The van der Waals surface area contributed by atoms with E-state index in [1.54, 1.807) is 0 Å². The van der Waals surface area contributed by atoms with E-state index in [9.17, 15) is 0 Å². The zero-order valence-corrected chi connectivity index (χ0v) is 6.96. The second-order valence-corrected chi connectivity index (χ2v) is 2.71. The van der Waals surface area contributed by atoms with Crippen molar-refractivity contribution in [1.82, 2.24) is 0 Å². The summed E-state index contributed by atoms with van der Waals surface area (Å²) in [7, 11) is 0. The van der Waals surface area contributed by atoms with E-state index in [1.165, 1.54) is 22.4 Å². The largest absolute Gasteiger partial charge is 0.274 e. The second kappa shape index (κ2) is 4.65. The molecule has 0 saturated carbocycles. The van der Waals surface area contributed by atoms with Crippen LogP contribution in [0.4, 0.5) is 0 Å². The molecule has 0 aromatic heterocycles. The van der Waals surface area contributed by atoms with Gasteiger partial charge in [0.15, 0.2) is 0 Å². The van der Waals surface area contributed by atoms with Gasteiger partial charge in [0.25, 0.3) is 0 Å². The average Bonchev–Trinajstić information content (AvgIpc) is 1.87. The summed E-state index contributed by atoms with van der Waals surface area (Å²) in [6.45, 7) is 6.06. The maximum absolute atomic E-state index is 5.33. The molecule has 0 aliphatic heterocycles. The molecule has 0 aromatic carbocycles. The van der Waals surface area contributed by atoms with Crippen LogP contribution in [0.25, 0.3) is 0 Å². The van der Waals surface area contributed by atoms with Crippen LogP contribution >= 0.6 is 11.9 Å². The van der Waals surface area contributed by atoms with E-state index in [0.717, 1.165) is 0 Å². The van der Waals surface area contributed by atoms with Crippen LogP contribution in [-0.4, -0.2) is 0 Å². The third-order valence-electron chi connectivity index (χ3n) is 1.15. The minimum absolute atomic E-state index is 1.17. The molecule has 1 nitrogen and oxygen atoms in total. The molecule has 0 amide bonds. The first-order valence-corrected chi connectivity index (χ1v) is 3.77. The van der Waals surface area contributed by atoms with E-state index >= 15 is 0 Å². The molecule has 0 aliphatic rings. The molecule has 52 valence electrons. The molecule has 0 unspecified atom stereocenters. The molecule has 2 heteroatoms. The van der Waals surface area contributed by atoms with Gasteiger partial charge in [0, 0.05) is 0 Å². The first-order valence-electron chi connectivity index (χ1n) is 2.89. The Kier molecular flexibility index (Phi) is 4.54. The Morgan fingerprint density at radius 1 is 1.44 bits per heavy atom. The average molecular weight is 143 g/mol. The number of hydrogen-bond donors (Lipinski definition) is 1. The van der Waals surface area contributed by atoms with Crippen LogP contribution in [0.5, 0.6) is 0 Å². The van der Waals surface area contributed by atoms with Crippen LogP contribution in [0.15, 0.2) is 22.6 Å². The van der Waals surface area contributed by atoms with Crippen LogP contribution in [0, 0.1) is 0 Å². The second-order valence-electron chi connectivity index (χ2n) is 1.86. The molecule has 2 N–H and O–H groups in total. The van der Waals surface area contributed by atoms with Crippen LogP contribution in [0.3, 0.4) is 0 Å². The van der Waals surface area contributed by atoms with Gasteiger partial charge in [-0.2, -0.15) is 0 Å². The lowest BCUT2D eigenvalue weighted by Gasteiger charge is -1.96. The van der Waals surface area contributed by atoms with Gasteiger partial charge < -0.3 is 0 Å². The summed E-state index contributed by atoms with van der Waals surface area (Å²) in [6.07, 6.45) is 4.06. The van der Waals surface area contributed by atoms with Gasteiger partial charge in [-0.25, -0.2) is 0 Å². The van der Waals surface area contributed by atoms with E-state index in [-0.39, 0.29) is 0 Å². The summed E-state index contributed by atoms with van der Waals surface area (Å²) in [5.41, 5.74) is 1.24. The maximum Gasteiger partial charge on any atom is -0.0000919 e. The Balaban J connectivity index is 4.10. The van der Waals surface area contributed by atoms with Crippen molar-refractivity contribution in [1.29, 1.82) is 0 Å². The standard InChI is InChI=1S/C7H13NS/c1-4-5-6(2)7(3)9-8/h4-5H,8H2,1-3H3/b5-4+,7-6-. The molecule has 0 spiro atoms. The number of hydrogen-bond acceptors (Lipinski definition) is 2. The molecular formula is C7H13NS. The topological polar surface area (TPSA) is 26.0 Å². The molecule has 0 rings (SSSR count). The predicted octanol–water partition coefficient (Wildman–Crippen LogP) is 2.46. The third kappa shape index (κ3) is 3.38. The Labute approximate surface area is 61.1 Å². The van der Waals surface area contributed by atoms with Gasteiger partial charge in [0.2, 0.25) is 0 Å². The lowest BCUT2D eigenvalue weighted by molar-refractivity contribution is 1.44. The number of allylic oxidation sites excluding steroid dienone is 4. The highest BCUT2D eigenvalue weighted by atomic mass is 32.2. The molecule has 0 aromatic rings. The van der Waals surface area contributed by atoms with Crippen LogP contribution in [0.1, 0.15) is 20.8 Å². The van der Waals surface area contributed by atoms with Crippen molar-refractivity contribution in [3.8, 4) is 0 Å². The highest BCUT2D eigenvalue weighted by Crippen LogP contribution is 2.12. The van der Waals surface area contributed by atoms with Gasteiger partial charge >= 0.3 is 0 Å². The van der Waals surface area contributed by atoms with E-state index < -0.39 is 0 Å². The van der Waals surface area contributed by atoms with Gasteiger partial charge in [-0.1, -0.05) is 24.1 Å². The smallest absolute Gasteiger partial charge is 0.0000919 e. The van der Waals surface area contributed by atoms with Crippen molar-refractivity contribution in [2.24, 2.45) is 5.14 Å². The maximum atomic E-state index is 5.33. The number of nitrogens with two attached hydrogens (primary N) is 1. The fourth-order valence-electron chi connectivity index (χ4n) is 0.460. The van der Waals surface area contributed by atoms with Gasteiger partial charge in [-0.15, -0.1) is 0 Å². The van der Waals surface area contributed by atoms with Crippen LogP contribution in [-0.2, 0) is 0 Å². The summed E-state index contributed by atoms with van der Waals surface area (Å²) < 4.78 is 0. The zero-order chi connectivity index (χ0) is 7.28. The molecule has 0 fully saturated rings. The lowest BCUT2D eigenvalue weighted by atomic mass is 10.3. The summed E-state index contributed by atoms with van der Waals surface area (Å²) in [5, 5.41) is 5.33. The molecule has 0 saturated heterocycles. The minimum Gasteiger partial charge on any atom is -0.274 e. The normalized spacial score (nSPS) is 14.2. The van der Waals surface area contributed by atoms with Gasteiger partial charge in [-0.3, -0.25) is 5.14 Å². The first-order chi connectivity index (χ1) is 4.22. The Bertz CT molecular complexity index is 136. The quantitative estimate of drug-likeness (QED) is 0.474. The molecule has 0 heterocycles. The highest BCUT2D eigenvalue weighted by Gasteiger charge is 1.88. The van der Waals surface area contributed by atoms with Gasteiger partial charge in [-0.05, 0) is 31.2 Å². The molecule has 0 aliphatic carbocycles. The first kappa shape index (κ1) is 8.79. The minimum atomic E-state index is 1.17. The van der Waals surface area contributed by atoms with Crippen LogP contribution < -0.4 is 5.14 Å². The fraction of sp³-hybridized carbons (Fsp3) is 0.429. The van der Waals surface area contributed by atoms with Crippen molar-refractivity contribution < 1.29 is 0 Å². The monoisotopic (exact) mass is 143 g/mol. The fourth-order valence-corrected chi connectivity index (χ4v) is 0.714. The highest BCUT2D eigenvalue weighted by molar-refractivity contribution is 8.00. The Hall–Kier alpha value is -0.210. The summed E-state index contributed by atoms with van der Waals surface area (Å²) in [5.74, 6) is 0. The SMILES string of the molecule is C/C=C/C(C)=C(/C)SN. The summed E-state index contributed by atoms with van der Waals surface area (Å²) >= 11 is 1.30. The molecule has 9 heavy (non-hydrogen) atoms. The molecule has 0 radical (unpaired) electrons. The van der Waals surface area contributed by atoms with E-state index in [1.807, 2.05) is 19.9 Å². The van der Waals surface area contributed by atoms with Crippen molar-refractivity contribution in [2.75, 3.05) is 0 Å². The lowest BCUT2D eigenvalue weighted by Crippen LogP contribution is -1.80. The Morgan fingerprint density at radius 3 is 2.33 bits per heavy atom. The van der Waals surface area contributed by atoms with Gasteiger partial charge in [0.05, 0.1) is 0 Å². The molecule has 0 bridgehead atoms. The van der Waals surface area contributed by atoms with Crippen molar-refractivity contribution >= 4 is 11.9 Å². The zero-order valence-electron chi connectivity index (χ0n) is 6.14. The number of rotatable bonds is 2. The summed E-state index contributed by atoms with van der Waals surface area (Å²) in [4.78, 5) is 1.17. The van der Waals surface area contributed by atoms with Crippen molar-refractivity contribution in [2.45, 2.75) is 20.8 Å². The molecule has 0 atom stereocenters. The van der Waals surface area contributed by atoms with Crippen molar-refractivity contribution in [3.63, 3.8) is 0 Å².